The lowest BCUT2D eigenvalue weighted by Crippen LogP contribution is -2.50. The maximum atomic E-state index is 11.5. The first-order valence-corrected chi connectivity index (χ1v) is 7.18. The number of urea groups is 1. The van der Waals surface area contributed by atoms with Gasteiger partial charge in [0.1, 0.15) is 0 Å². The van der Waals surface area contributed by atoms with Gasteiger partial charge in [0.15, 0.2) is 0 Å². The molecule has 0 bridgehead atoms. The summed E-state index contributed by atoms with van der Waals surface area (Å²) in [5.41, 5.74) is 0. The van der Waals surface area contributed by atoms with E-state index >= 15 is 0 Å². The van der Waals surface area contributed by atoms with Crippen LogP contribution in [0.1, 0.15) is 26.2 Å². The van der Waals surface area contributed by atoms with Crippen LogP contribution in [-0.4, -0.2) is 54.5 Å². The third-order valence-electron chi connectivity index (χ3n) is 2.93. The number of hydrogen-bond acceptors (Lipinski definition) is 4. The minimum absolute atomic E-state index is 0.0514. The fraction of sp³-hybridized carbons (Fsp3) is 0.750. The Hall–Kier alpha value is -1.50. The van der Waals surface area contributed by atoms with E-state index in [1.807, 2.05) is 0 Å². The standard InChI is InChI=1S/C12H20ClN3O4/c1-2-20-12(19)16-7-4-9(5-8-16)14-11(18)15-10(17)3-6-13/h9H,2-8H2,1H3,(H2,14,15,17,18). The zero-order chi connectivity index (χ0) is 15.0. The van der Waals surface area contributed by atoms with E-state index in [-0.39, 0.29) is 24.4 Å². The molecule has 0 radical (unpaired) electrons. The SMILES string of the molecule is CCOC(=O)N1CCC(NC(=O)NC(=O)CCCl)CC1. The lowest BCUT2D eigenvalue weighted by Gasteiger charge is -2.31. The highest BCUT2D eigenvalue weighted by Gasteiger charge is 2.24. The van der Waals surface area contributed by atoms with Crippen molar-refractivity contribution < 1.29 is 19.1 Å². The minimum Gasteiger partial charge on any atom is -0.450 e. The number of likely N-dealkylation sites (tertiary alicyclic amines) is 1. The van der Waals surface area contributed by atoms with Crippen LogP contribution < -0.4 is 10.6 Å². The van der Waals surface area contributed by atoms with Gasteiger partial charge in [0.05, 0.1) is 6.61 Å². The number of alkyl halides is 1. The molecule has 114 valence electrons. The Labute approximate surface area is 123 Å². The summed E-state index contributed by atoms with van der Waals surface area (Å²) in [6.45, 7) is 3.16. The van der Waals surface area contributed by atoms with Gasteiger partial charge in [0, 0.05) is 31.4 Å². The Morgan fingerprint density at radius 3 is 2.50 bits per heavy atom. The first-order valence-electron chi connectivity index (χ1n) is 6.64. The number of nitrogens with zero attached hydrogens (tertiary/aromatic N) is 1. The van der Waals surface area contributed by atoms with Crippen molar-refractivity contribution in [2.45, 2.75) is 32.2 Å². The van der Waals surface area contributed by atoms with Crippen LogP contribution in [0.5, 0.6) is 0 Å². The van der Waals surface area contributed by atoms with Crippen LogP contribution in [0.4, 0.5) is 9.59 Å². The van der Waals surface area contributed by atoms with Gasteiger partial charge in [0.2, 0.25) is 5.91 Å². The van der Waals surface area contributed by atoms with Gasteiger partial charge in [-0.3, -0.25) is 10.1 Å². The van der Waals surface area contributed by atoms with Gasteiger partial charge in [-0.2, -0.15) is 0 Å². The van der Waals surface area contributed by atoms with Crippen molar-refractivity contribution in [1.29, 1.82) is 0 Å². The predicted octanol–water partition coefficient (Wildman–Crippen LogP) is 1.06. The molecule has 20 heavy (non-hydrogen) atoms. The van der Waals surface area contributed by atoms with Crippen molar-refractivity contribution in [2.75, 3.05) is 25.6 Å². The van der Waals surface area contributed by atoms with E-state index in [0.29, 0.717) is 32.5 Å². The Bertz CT molecular complexity index is 357. The second kappa shape index (κ2) is 8.63. The fourth-order valence-corrected chi connectivity index (χ4v) is 2.09. The number of piperidine rings is 1. The summed E-state index contributed by atoms with van der Waals surface area (Å²) in [7, 11) is 0. The Morgan fingerprint density at radius 2 is 1.95 bits per heavy atom. The largest absolute Gasteiger partial charge is 0.450 e. The number of carbonyl (C=O) groups excluding carboxylic acids is 3. The third-order valence-corrected chi connectivity index (χ3v) is 3.12. The van der Waals surface area contributed by atoms with Crippen LogP contribution in [0.3, 0.4) is 0 Å². The monoisotopic (exact) mass is 305 g/mol. The molecule has 0 aromatic carbocycles. The highest BCUT2D eigenvalue weighted by atomic mass is 35.5. The molecular formula is C12H20ClN3O4. The minimum atomic E-state index is -0.519. The summed E-state index contributed by atoms with van der Waals surface area (Å²) >= 11 is 5.40. The second-order valence-electron chi connectivity index (χ2n) is 4.42. The fourth-order valence-electron chi connectivity index (χ4n) is 1.92. The van der Waals surface area contributed by atoms with E-state index in [1.54, 1.807) is 11.8 Å². The molecule has 0 unspecified atom stereocenters. The average molecular weight is 306 g/mol. The van der Waals surface area contributed by atoms with Crippen LogP contribution in [0, 0.1) is 0 Å². The van der Waals surface area contributed by atoms with Crippen LogP contribution in [0.15, 0.2) is 0 Å². The Balaban J connectivity index is 2.26. The quantitative estimate of drug-likeness (QED) is 0.760. The average Bonchev–Trinajstić information content (AvgIpc) is 2.39. The topological polar surface area (TPSA) is 87.7 Å². The maximum Gasteiger partial charge on any atom is 0.409 e. The summed E-state index contributed by atoms with van der Waals surface area (Å²) in [6.07, 6.45) is 1.05. The highest BCUT2D eigenvalue weighted by Crippen LogP contribution is 2.11. The molecule has 1 fully saturated rings. The number of imide groups is 1. The zero-order valence-corrected chi connectivity index (χ0v) is 12.2. The number of nitrogens with one attached hydrogen (secondary N) is 2. The lowest BCUT2D eigenvalue weighted by atomic mass is 10.1. The van der Waals surface area contributed by atoms with Crippen LogP contribution >= 0.6 is 11.6 Å². The smallest absolute Gasteiger partial charge is 0.409 e. The molecule has 2 N–H and O–H groups in total. The maximum absolute atomic E-state index is 11.5. The van der Waals surface area contributed by atoms with Crippen molar-refractivity contribution in [3.05, 3.63) is 0 Å². The number of rotatable bonds is 4. The van der Waals surface area contributed by atoms with Gasteiger partial charge in [-0.25, -0.2) is 9.59 Å². The number of halogens is 1. The van der Waals surface area contributed by atoms with E-state index in [4.69, 9.17) is 16.3 Å². The summed E-state index contributed by atoms with van der Waals surface area (Å²) < 4.78 is 4.91. The first kappa shape index (κ1) is 16.6. The molecule has 4 amide bonds. The third kappa shape index (κ3) is 5.64. The molecule has 0 aromatic rings. The molecule has 0 spiro atoms. The molecular weight excluding hydrogens is 286 g/mol. The van der Waals surface area contributed by atoms with Gasteiger partial charge in [-0.05, 0) is 19.8 Å². The highest BCUT2D eigenvalue weighted by molar-refractivity contribution is 6.19. The van der Waals surface area contributed by atoms with Gasteiger partial charge in [0.25, 0.3) is 0 Å². The summed E-state index contributed by atoms with van der Waals surface area (Å²) in [6, 6.07) is -0.570. The molecule has 1 rings (SSSR count). The number of carbonyl (C=O) groups is 3. The molecule has 1 aliphatic rings. The van der Waals surface area contributed by atoms with E-state index in [9.17, 15) is 14.4 Å². The molecule has 0 aliphatic carbocycles. The van der Waals surface area contributed by atoms with E-state index in [1.165, 1.54) is 0 Å². The molecule has 0 saturated carbocycles. The zero-order valence-electron chi connectivity index (χ0n) is 11.5. The first-order chi connectivity index (χ1) is 9.56. The molecule has 7 nitrogen and oxygen atoms in total. The van der Waals surface area contributed by atoms with Gasteiger partial charge in [-0.15, -0.1) is 11.6 Å². The Kier molecular flexibility index (Phi) is 7.14. The molecule has 0 atom stereocenters. The van der Waals surface area contributed by atoms with Crippen molar-refractivity contribution in [3.63, 3.8) is 0 Å². The van der Waals surface area contributed by atoms with Crippen molar-refractivity contribution >= 4 is 29.6 Å². The van der Waals surface area contributed by atoms with Gasteiger partial charge >= 0.3 is 12.1 Å². The van der Waals surface area contributed by atoms with E-state index in [0.717, 1.165) is 0 Å². The van der Waals surface area contributed by atoms with Crippen molar-refractivity contribution in [2.24, 2.45) is 0 Å². The number of ether oxygens (including phenoxy) is 1. The van der Waals surface area contributed by atoms with Gasteiger partial charge in [-0.1, -0.05) is 0 Å². The lowest BCUT2D eigenvalue weighted by molar-refractivity contribution is -0.119. The number of amides is 4. The van der Waals surface area contributed by atoms with Crippen LogP contribution in [0.25, 0.3) is 0 Å². The van der Waals surface area contributed by atoms with E-state index < -0.39 is 11.9 Å². The van der Waals surface area contributed by atoms with Crippen molar-refractivity contribution in [1.82, 2.24) is 15.5 Å². The van der Waals surface area contributed by atoms with Crippen LogP contribution in [0.2, 0.25) is 0 Å². The number of hydrogen-bond donors (Lipinski definition) is 2. The van der Waals surface area contributed by atoms with Crippen molar-refractivity contribution in [3.8, 4) is 0 Å². The molecule has 8 heteroatoms. The molecule has 0 aromatic heterocycles. The normalized spacial score (nSPS) is 15.6. The molecule has 1 saturated heterocycles. The summed E-state index contributed by atoms with van der Waals surface area (Å²) in [5, 5.41) is 4.91. The second-order valence-corrected chi connectivity index (χ2v) is 4.80. The van der Waals surface area contributed by atoms with Gasteiger partial charge < -0.3 is 15.0 Å². The summed E-state index contributed by atoms with van der Waals surface area (Å²) in [5.74, 6) is -0.224. The predicted molar refractivity (Wildman–Crippen MR) is 73.6 cm³/mol. The molecule has 1 aliphatic heterocycles. The van der Waals surface area contributed by atoms with Crippen LogP contribution in [-0.2, 0) is 9.53 Å². The summed E-state index contributed by atoms with van der Waals surface area (Å²) in [4.78, 5) is 35.8. The Morgan fingerprint density at radius 1 is 1.30 bits per heavy atom. The molecule has 1 heterocycles. The van der Waals surface area contributed by atoms with E-state index in [2.05, 4.69) is 10.6 Å².